The van der Waals surface area contributed by atoms with Crippen LogP contribution in [0.2, 0.25) is 0 Å². The van der Waals surface area contributed by atoms with Crippen LogP contribution >= 0.6 is 12.4 Å². The quantitative estimate of drug-likeness (QED) is 0.428. The van der Waals surface area contributed by atoms with Gasteiger partial charge in [-0.25, -0.2) is 9.37 Å². The summed E-state index contributed by atoms with van der Waals surface area (Å²) in [7, 11) is 0. The molecule has 5 heteroatoms. The molecule has 0 spiro atoms. The highest BCUT2D eigenvalue weighted by Gasteiger charge is 2.21. The van der Waals surface area contributed by atoms with E-state index in [0.717, 1.165) is 42.4 Å². The van der Waals surface area contributed by atoms with E-state index < -0.39 is 0 Å². The lowest BCUT2D eigenvalue weighted by atomic mass is 9.94. The normalized spacial score (nSPS) is 13.1. The molecule has 4 aromatic rings. The number of benzene rings is 3. The molecule has 3 aromatic carbocycles. The second kappa shape index (κ2) is 8.80. The highest BCUT2D eigenvalue weighted by atomic mass is 35.5. The SMILES string of the molecule is Cl.Fc1c(CCC2Cc3ccccc3C2)cccc1-c1cccc(-c2ncn[nH]2)c1. The first kappa shape index (κ1) is 20.3. The lowest BCUT2D eigenvalue weighted by molar-refractivity contribution is 0.504. The summed E-state index contributed by atoms with van der Waals surface area (Å²) in [5.41, 5.74) is 6.09. The van der Waals surface area contributed by atoms with Gasteiger partial charge >= 0.3 is 0 Å². The zero-order valence-electron chi connectivity index (χ0n) is 16.5. The standard InChI is InChI=1S/C25H22FN3.ClH/c26-24-18(12-11-17-13-19-5-1-2-6-20(19)14-17)7-4-10-23(24)21-8-3-9-22(15-21)25-27-16-28-29-25;/h1-10,15-17H,11-14H2,(H,27,28,29);1H. The number of hydrogen-bond donors (Lipinski definition) is 1. The minimum Gasteiger partial charge on any atom is -0.259 e. The summed E-state index contributed by atoms with van der Waals surface area (Å²) in [6, 6.07) is 22.2. The number of halogens is 2. The largest absolute Gasteiger partial charge is 0.259 e. The van der Waals surface area contributed by atoms with Gasteiger partial charge in [0.05, 0.1) is 0 Å². The summed E-state index contributed by atoms with van der Waals surface area (Å²) in [4.78, 5) is 4.19. The van der Waals surface area contributed by atoms with Gasteiger partial charge in [-0.15, -0.1) is 12.4 Å². The van der Waals surface area contributed by atoms with Crippen LogP contribution in [-0.2, 0) is 19.3 Å². The van der Waals surface area contributed by atoms with Gasteiger partial charge in [0.1, 0.15) is 12.1 Å². The van der Waals surface area contributed by atoms with Crippen molar-refractivity contribution >= 4 is 12.4 Å². The maximum Gasteiger partial charge on any atom is 0.155 e. The summed E-state index contributed by atoms with van der Waals surface area (Å²) >= 11 is 0. The molecule has 0 aliphatic heterocycles. The van der Waals surface area contributed by atoms with Crippen LogP contribution < -0.4 is 0 Å². The third-order valence-electron chi connectivity index (χ3n) is 5.90. The molecule has 1 N–H and O–H groups in total. The fraction of sp³-hybridized carbons (Fsp3) is 0.200. The van der Waals surface area contributed by atoms with Crippen LogP contribution in [-0.4, -0.2) is 15.2 Å². The van der Waals surface area contributed by atoms with Gasteiger partial charge in [-0.2, -0.15) is 5.10 Å². The van der Waals surface area contributed by atoms with Crippen LogP contribution in [0.4, 0.5) is 4.39 Å². The van der Waals surface area contributed by atoms with Gasteiger partial charge in [-0.05, 0) is 59.9 Å². The van der Waals surface area contributed by atoms with Crippen molar-refractivity contribution in [2.45, 2.75) is 25.7 Å². The Kier molecular flexibility index (Phi) is 5.96. The lowest BCUT2D eigenvalue weighted by Crippen LogP contribution is -2.03. The molecule has 0 radical (unpaired) electrons. The van der Waals surface area contributed by atoms with E-state index in [9.17, 15) is 0 Å². The molecule has 1 aromatic heterocycles. The molecular weight excluding hydrogens is 397 g/mol. The van der Waals surface area contributed by atoms with Gasteiger partial charge in [0.25, 0.3) is 0 Å². The molecule has 1 aliphatic rings. The van der Waals surface area contributed by atoms with E-state index in [0.29, 0.717) is 17.3 Å². The second-order valence-corrected chi connectivity index (χ2v) is 7.78. The van der Waals surface area contributed by atoms with Crippen molar-refractivity contribution in [3.05, 3.63) is 95.6 Å². The van der Waals surface area contributed by atoms with E-state index in [4.69, 9.17) is 0 Å². The number of aryl methyl sites for hydroxylation is 1. The molecule has 0 bridgehead atoms. The highest BCUT2D eigenvalue weighted by molar-refractivity contribution is 5.85. The predicted molar refractivity (Wildman–Crippen MR) is 120 cm³/mol. The Bertz CT molecular complexity index is 1120. The van der Waals surface area contributed by atoms with E-state index in [-0.39, 0.29) is 18.2 Å². The maximum absolute atomic E-state index is 15.3. The molecule has 1 aliphatic carbocycles. The van der Waals surface area contributed by atoms with Crippen LogP contribution in [0.15, 0.2) is 73.1 Å². The summed E-state index contributed by atoms with van der Waals surface area (Å²) in [5.74, 6) is 1.17. The molecule has 152 valence electrons. The van der Waals surface area contributed by atoms with E-state index >= 15 is 4.39 Å². The number of rotatable bonds is 5. The van der Waals surface area contributed by atoms with E-state index in [1.807, 2.05) is 42.5 Å². The van der Waals surface area contributed by atoms with Gasteiger partial charge in [-0.1, -0.05) is 60.7 Å². The van der Waals surface area contributed by atoms with Crippen LogP contribution in [0.1, 0.15) is 23.1 Å². The zero-order valence-corrected chi connectivity index (χ0v) is 17.3. The molecule has 0 saturated carbocycles. The van der Waals surface area contributed by atoms with Crippen molar-refractivity contribution in [3.63, 3.8) is 0 Å². The number of aromatic nitrogens is 3. The number of H-pyrrole nitrogens is 1. The van der Waals surface area contributed by atoms with Crippen molar-refractivity contribution in [2.75, 3.05) is 0 Å². The molecule has 5 rings (SSSR count). The Morgan fingerprint density at radius 3 is 2.37 bits per heavy atom. The highest BCUT2D eigenvalue weighted by Crippen LogP contribution is 2.32. The first-order valence-corrected chi connectivity index (χ1v) is 10.1. The Morgan fingerprint density at radius 1 is 0.900 bits per heavy atom. The summed E-state index contributed by atoms with van der Waals surface area (Å²) < 4.78 is 15.3. The second-order valence-electron chi connectivity index (χ2n) is 7.78. The number of nitrogens with zero attached hydrogens (tertiary/aromatic N) is 2. The molecule has 0 unspecified atom stereocenters. The van der Waals surface area contributed by atoms with Gasteiger partial charge < -0.3 is 0 Å². The van der Waals surface area contributed by atoms with Crippen molar-refractivity contribution < 1.29 is 4.39 Å². The Labute approximate surface area is 181 Å². The first-order valence-electron chi connectivity index (χ1n) is 10.1. The lowest BCUT2D eigenvalue weighted by Gasteiger charge is -2.12. The molecule has 0 fully saturated rings. The van der Waals surface area contributed by atoms with Crippen molar-refractivity contribution in [3.8, 4) is 22.5 Å². The van der Waals surface area contributed by atoms with Crippen molar-refractivity contribution in [2.24, 2.45) is 5.92 Å². The minimum atomic E-state index is -0.113. The topological polar surface area (TPSA) is 41.6 Å². The van der Waals surface area contributed by atoms with E-state index in [1.165, 1.54) is 17.5 Å². The van der Waals surface area contributed by atoms with Crippen LogP contribution in [0.5, 0.6) is 0 Å². The van der Waals surface area contributed by atoms with Crippen molar-refractivity contribution in [1.29, 1.82) is 0 Å². The van der Waals surface area contributed by atoms with E-state index in [2.05, 4.69) is 39.4 Å². The zero-order chi connectivity index (χ0) is 19.6. The van der Waals surface area contributed by atoms with Crippen LogP contribution in [0.3, 0.4) is 0 Å². The number of fused-ring (bicyclic) bond motifs is 1. The van der Waals surface area contributed by atoms with Crippen LogP contribution in [0, 0.1) is 11.7 Å². The van der Waals surface area contributed by atoms with Crippen molar-refractivity contribution in [1.82, 2.24) is 15.2 Å². The number of nitrogens with one attached hydrogen (secondary N) is 1. The third kappa shape index (κ3) is 4.01. The van der Waals surface area contributed by atoms with Crippen LogP contribution in [0.25, 0.3) is 22.5 Å². The average Bonchev–Trinajstić information content (AvgIpc) is 3.43. The minimum absolute atomic E-state index is 0. The van der Waals surface area contributed by atoms with Gasteiger partial charge in [-0.3, -0.25) is 5.10 Å². The molecular formula is C25H23ClFN3. The average molecular weight is 420 g/mol. The summed E-state index contributed by atoms with van der Waals surface area (Å²) in [6.45, 7) is 0. The Balaban J connectivity index is 0.00000218. The molecule has 0 atom stereocenters. The molecule has 0 amide bonds. The molecule has 3 nitrogen and oxygen atoms in total. The molecule has 1 heterocycles. The van der Waals surface area contributed by atoms with Gasteiger partial charge in [0.2, 0.25) is 0 Å². The summed E-state index contributed by atoms with van der Waals surface area (Å²) in [6.07, 6.45) is 5.46. The third-order valence-corrected chi connectivity index (χ3v) is 5.90. The Morgan fingerprint density at radius 2 is 1.63 bits per heavy atom. The fourth-order valence-electron chi connectivity index (χ4n) is 4.39. The predicted octanol–water partition coefficient (Wildman–Crippen LogP) is 6.05. The molecule has 30 heavy (non-hydrogen) atoms. The Hall–Kier alpha value is -2.98. The number of aromatic amines is 1. The first-order chi connectivity index (χ1) is 14.3. The smallest absolute Gasteiger partial charge is 0.155 e. The number of hydrogen-bond acceptors (Lipinski definition) is 2. The van der Waals surface area contributed by atoms with Gasteiger partial charge in [0, 0.05) is 11.1 Å². The van der Waals surface area contributed by atoms with E-state index in [1.54, 1.807) is 0 Å². The van der Waals surface area contributed by atoms with Gasteiger partial charge in [0.15, 0.2) is 5.82 Å². The molecule has 0 saturated heterocycles. The monoisotopic (exact) mass is 419 g/mol. The summed E-state index contributed by atoms with van der Waals surface area (Å²) in [5, 5.41) is 6.76. The maximum atomic E-state index is 15.3. The fourth-order valence-corrected chi connectivity index (χ4v) is 4.39.